The smallest absolute Gasteiger partial charge is 0.295 e. The minimum Gasteiger partial charge on any atom is -0.295 e. The zero-order valence-corrected chi connectivity index (χ0v) is 16.6. The van der Waals surface area contributed by atoms with Crippen LogP contribution in [-0.2, 0) is 13.1 Å². The Labute approximate surface area is 166 Å². The highest BCUT2D eigenvalue weighted by Gasteiger charge is 2.57. The van der Waals surface area contributed by atoms with Crippen LogP contribution < -0.4 is 16.9 Å². The van der Waals surface area contributed by atoms with Gasteiger partial charge in [0.15, 0.2) is 0 Å². The Hall–Kier alpha value is -2.56. The molecular formula is C18H19F2N5O3S. The molecule has 0 saturated heterocycles. The van der Waals surface area contributed by atoms with E-state index in [0.29, 0.717) is 20.7 Å². The van der Waals surface area contributed by atoms with E-state index in [-0.39, 0.29) is 42.7 Å². The summed E-state index contributed by atoms with van der Waals surface area (Å²) in [5, 5.41) is 4.30. The van der Waals surface area contributed by atoms with E-state index >= 15 is 0 Å². The SMILES string of the molecule is Cc1c(Cn2nc[nH]c2=O)sc2c1c(=O)n([C@H]1C[C@@H]1C)c(=O)n2CC1CC1(F)F. The van der Waals surface area contributed by atoms with Crippen LogP contribution in [0, 0.1) is 18.8 Å². The Morgan fingerprint density at radius 3 is 2.59 bits per heavy atom. The summed E-state index contributed by atoms with van der Waals surface area (Å²) < 4.78 is 30.9. The van der Waals surface area contributed by atoms with Gasteiger partial charge in [-0.1, -0.05) is 6.92 Å². The van der Waals surface area contributed by atoms with Crippen molar-refractivity contribution in [3.8, 4) is 0 Å². The van der Waals surface area contributed by atoms with Crippen LogP contribution in [0.25, 0.3) is 10.2 Å². The molecular weight excluding hydrogens is 404 g/mol. The van der Waals surface area contributed by atoms with E-state index in [4.69, 9.17) is 0 Å². The average Bonchev–Trinajstić information content (AvgIpc) is 3.38. The number of H-pyrrole nitrogens is 1. The van der Waals surface area contributed by atoms with Crippen molar-refractivity contribution in [1.29, 1.82) is 0 Å². The van der Waals surface area contributed by atoms with E-state index in [1.165, 1.54) is 31.5 Å². The first-order valence-corrected chi connectivity index (χ1v) is 10.3. The molecule has 8 nitrogen and oxygen atoms in total. The fourth-order valence-electron chi connectivity index (χ4n) is 3.89. The maximum absolute atomic E-state index is 13.6. The van der Waals surface area contributed by atoms with Gasteiger partial charge >= 0.3 is 11.4 Å². The van der Waals surface area contributed by atoms with Crippen LogP contribution >= 0.6 is 11.3 Å². The number of alkyl halides is 2. The van der Waals surface area contributed by atoms with Crippen molar-refractivity contribution in [2.75, 3.05) is 0 Å². The first-order valence-electron chi connectivity index (χ1n) is 9.44. The van der Waals surface area contributed by atoms with E-state index in [0.717, 1.165) is 6.42 Å². The molecule has 0 amide bonds. The zero-order chi connectivity index (χ0) is 20.7. The van der Waals surface area contributed by atoms with E-state index in [2.05, 4.69) is 10.1 Å². The maximum Gasteiger partial charge on any atom is 0.343 e. The quantitative estimate of drug-likeness (QED) is 0.676. The highest BCUT2D eigenvalue weighted by Crippen LogP contribution is 2.50. The van der Waals surface area contributed by atoms with Gasteiger partial charge in [0.1, 0.15) is 11.2 Å². The van der Waals surface area contributed by atoms with E-state index in [1.807, 2.05) is 6.92 Å². The minimum absolute atomic E-state index is 0.120. The minimum atomic E-state index is -2.77. The Morgan fingerprint density at radius 2 is 2.03 bits per heavy atom. The summed E-state index contributed by atoms with van der Waals surface area (Å²) in [6, 6.07) is -0.193. The molecule has 0 aliphatic heterocycles. The normalized spacial score (nSPS) is 24.9. The van der Waals surface area contributed by atoms with Gasteiger partial charge in [-0.3, -0.25) is 18.9 Å². The first kappa shape index (κ1) is 18.5. The topological polar surface area (TPSA) is 94.7 Å². The van der Waals surface area contributed by atoms with Crippen molar-refractivity contribution < 1.29 is 8.78 Å². The van der Waals surface area contributed by atoms with Crippen LogP contribution in [0.5, 0.6) is 0 Å². The van der Waals surface area contributed by atoms with Crippen molar-refractivity contribution in [2.45, 2.75) is 51.7 Å². The van der Waals surface area contributed by atoms with Crippen molar-refractivity contribution in [2.24, 2.45) is 11.8 Å². The molecule has 29 heavy (non-hydrogen) atoms. The molecule has 2 fully saturated rings. The Kier molecular flexibility index (Phi) is 3.80. The molecule has 5 rings (SSSR count). The van der Waals surface area contributed by atoms with Gasteiger partial charge in [-0.05, 0) is 24.8 Å². The Bertz CT molecular complexity index is 1310. The largest absolute Gasteiger partial charge is 0.343 e. The standard InChI is InChI=1S/C18H19F2N5O3S/c1-8-3-11(8)25-14(26)13-9(2)12(6-24-16(27)21-7-22-24)29-15(13)23(17(25)28)5-10-4-18(10,19)20/h7-8,10-11H,3-6H2,1-2H3,(H,21,22,27)/t8-,10?,11-/m0/s1. The van der Waals surface area contributed by atoms with E-state index in [9.17, 15) is 23.2 Å². The Morgan fingerprint density at radius 1 is 1.34 bits per heavy atom. The van der Waals surface area contributed by atoms with Crippen molar-refractivity contribution in [1.82, 2.24) is 23.9 Å². The predicted molar refractivity (Wildman–Crippen MR) is 103 cm³/mol. The van der Waals surface area contributed by atoms with Gasteiger partial charge in [-0.15, -0.1) is 11.3 Å². The number of halogens is 2. The molecule has 0 radical (unpaired) electrons. The third-order valence-corrected chi connectivity index (χ3v) is 7.31. The third-order valence-electron chi connectivity index (χ3n) is 6.01. The molecule has 2 aliphatic rings. The molecule has 154 valence electrons. The highest BCUT2D eigenvalue weighted by atomic mass is 32.1. The number of aromatic amines is 1. The molecule has 3 aromatic heterocycles. The van der Waals surface area contributed by atoms with Gasteiger partial charge in [-0.25, -0.2) is 23.1 Å². The lowest BCUT2D eigenvalue weighted by Crippen LogP contribution is -2.40. The number of fused-ring (bicyclic) bond motifs is 1. The van der Waals surface area contributed by atoms with Crippen LogP contribution in [0.15, 0.2) is 20.7 Å². The third kappa shape index (κ3) is 2.82. The number of aromatic nitrogens is 5. The van der Waals surface area contributed by atoms with Gasteiger partial charge in [0.05, 0.1) is 11.9 Å². The van der Waals surface area contributed by atoms with Crippen LogP contribution in [0.2, 0.25) is 0 Å². The van der Waals surface area contributed by atoms with Crippen molar-refractivity contribution in [3.63, 3.8) is 0 Å². The summed E-state index contributed by atoms with van der Waals surface area (Å²) in [5.74, 6) is -3.46. The number of aryl methyl sites for hydroxylation is 1. The molecule has 2 aliphatic carbocycles. The van der Waals surface area contributed by atoms with E-state index < -0.39 is 17.5 Å². The molecule has 1 unspecified atom stereocenters. The summed E-state index contributed by atoms with van der Waals surface area (Å²) in [4.78, 5) is 41.6. The van der Waals surface area contributed by atoms with Gasteiger partial charge in [0.2, 0.25) is 0 Å². The monoisotopic (exact) mass is 423 g/mol. The second-order valence-corrected chi connectivity index (χ2v) is 9.18. The molecule has 3 aromatic rings. The molecule has 0 spiro atoms. The van der Waals surface area contributed by atoms with Gasteiger partial charge in [-0.2, -0.15) is 5.10 Å². The molecule has 0 aromatic carbocycles. The molecule has 3 heterocycles. The van der Waals surface area contributed by atoms with Crippen molar-refractivity contribution in [3.05, 3.63) is 48.1 Å². The summed E-state index contributed by atoms with van der Waals surface area (Å²) in [6.07, 6.45) is 1.75. The summed E-state index contributed by atoms with van der Waals surface area (Å²) >= 11 is 1.19. The maximum atomic E-state index is 13.6. The number of nitrogens with one attached hydrogen (secondary N) is 1. The molecule has 1 N–H and O–H groups in total. The second-order valence-electron chi connectivity index (χ2n) is 8.09. The zero-order valence-electron chi connectivity index (χ0n) is 15.8. The fourth-order valence-corrected chi connectivity index (χ4v) is 5.17. The molecule has 2 saturated carbocycles. The number of nitrogens with zero attached hydrogens (tertiary/aromatic N) is 4. The van der Waals surface area contributed by atoms with Crippen LogP contribution in [-0.4, -0.2) is 29.8 Å². The lowest BCUT2D eigenvalue weighted by atomic mass is 10.2. The molecule has 3 atom stereocenters. The average molecular weight is 423 g/mol. The van der Waals surface area contributed by atoms with E-state index in [1.54, 1.807) is 6.92 Å². The number of rotatable bonds is 5. The predicted octanol–water partition coefficient (Wildman–Crippen LogP) is 1.70. The number of thiophene rings is 1. The summed E-state index contributed by atoms with van der Waals surface area (Å²) in [5.41, 5.74) is -0.638. The lowest BCUT2D eigenvalue weighted by Gasteiger charge is -2.12. The van der Waals surface area contributed by atoms with Crippen LogP contribution in [0.1, 0.15) is 36.2 Å². The lowest BCUT2D eigenvalue weighted by molar-refractivity contribution is 0.0950. The second kappa shape index (κ2) is 5.97. The summed E-state index contributed by atoms with van der Waals surface area (Å²) in [7, 11) is 0. The number of hydrogen-bond acceptors (Lipinski definition) is 5. The number of hydrogen-bond donors (Lipinski definition) is 1. The van der Waals surface area contributed by atoms with Crippen LogP contribution in [0.4, 0.5) is 8.78 Å². The van der Waals surface area contributed by atoms with Gasteiger partial charge in [0, 0.05) is 29.8 Å². The van der Waals surface area contributed by atoms with Gasteiger partial charge in [0.25, 0.3) is 11.5 Å². The molecule has 0 bridgehead atoms. The molecule has 11 heteroatoms. The Balaban J connectivity index is 1.71. The van der Waals surface area contributed by atoms with Gasteiger partial charge < -0.3 is 0 Å². The van der Waals surface area contributed by atoms with Crippen LogP contribution in [0.3, 0.4) is 0 Å². The first-order chi connectivity index (χ1) is 13.7. The highest BCUT2D eigenvalue weighted by molar-refractivity contribution is 7.18. The fraction of sp³-hybridized carbons (Fsp3) is 0.556. The summed E-state index contributed by atoms with van der Waals surface area (Å²) in [6.45, 7) is 3.73. The van der Waals surface area contributed by atoms with Crippen molar-refractivity contribution >= 4 is 21.6 Å².